The van der Waals surface area contributed by atoms with Gasteiger partial charge in [-0.1, -0.05) is 11.6 Å². The smallest absolute Gasteiger partial charge is 0.141 e. The molecule has 0 fully saturated rings. The van der Waals surface area contributed by atoms with Crippen molar-refractivity contribution in [2.24, 2.45) is 0 Å². The summed E-state index contributed by atoms with van der Waals surface area (Å²) >= 11 is 15.1. The zero-order valence-electron chi connectivity index (χ0n) is 10.6. The van der Waals surface area contributed by atoms with Gasteiger partial charge in [0, 0.05) is 20.1 Å². The molecule has 0 amide bonds. The lowest BCUT2D eigenvalue weighted by Crippen LogP contribution is -2.13. The first kappa shape index (κ1) is 15.3. The Kier molecular flexibility index (Phi) is 5.68. The summed E-state index contributed by atoms with van der Waals surface area (Å²) in [6, 6.07) is 0. The molecule has 2 rings (SSSR count). The van der Waals surface area contributed by atoms with Gasteiger partial charge in [-0.25, -0.2) is 14.4 Å². The van der Waals surface area contributed by atoms with Gasteiger partial charge in [-0.2, -0.15) is 0 Å². The monoisotopic (exact) mass is 336 g/mol. The number of thiophene rings is 1. The van der Waals surface area contributed by atoms with Crippen LogP contribution in [0.5, 0.6) is 0 Å². The molecule has 0 aliphatic heterocycles. The van der Waals surface area contributed by atoms with Gasteiger partial charge in [-0.3, -0.25) is 4.72 Å². The van der Waals surface area contributed by atoms with Crippen LogP contribution in [0.15, 0.2) is 10.5 Å². The van der Waals surface area contributed by atoms with Crippen LogP contribution in [-0.2, 0) is 0 Å². The molecule has 4 nitrogen and oxygen atoms in total. The number of aryl methyl sites for hydroxylation is 1. The molecule has 0 atom stereocenters. The summed E-state index contributed by atoms with van der Waals surface area (Å²) in [5, 5.41) is 1.48. The Morgan fingerprint density at radius 3 is 2.95 bits per heavy atom. The van der Waals surface area contributed by atoms with E-state index in [1.165, 1.54) is 10.5 Å². The molecule has 1 N–H and O–H groups in total. The van der Waals surface area contributed by atoms with Crippen LogP contribution >= 0.6 is 46.7 Å². The number of aromatic nitrogens is 2. The van der Waals surface area contributed by atoms with E-state index in [0.29, 0.717) is 5.15 Å². The fourth-order valence-electron chi connectivity index (χ4n) is 1.59. The molecule has 0 saturated heterocycles. The topological polar surface area (TPSA) is 41.0 Å². The Bertz CT molecular complexity index is 559. The second-order valence-electron chi connectivity index (χ2n) is 4.04. The Hall–Kier alpha value is -0.110. The molecule has 0 aromatic carbocycles. The highest BCUT2D eigenvalue weighted by molar-refractivity contribution is 7.99. The van der Waals surface area contributed by atoms with Gasteiger partial charge in [0.15, 0.2) is 0 Å². The van der Waals surface area contributed by atoms with Gasteiger partial charge in [0.1, 0.15) is 16.3 Å². The van der Waals surface area contributed by atoms with Crippen LogP contribution in [-0.4, -0.2) is 34.5 Å². The molecule has 8 heteroatoms. The molecule has 2 aromatic heterocycles. The van der Waals surface area contributed by atoms with Crippen molar-refractivity contribution in [1.82, 2.24) is 19.1 Å². The van der Waals surface area contributed by atoms with Gasteiger partial charge in [-0.05, 0) is 42.6 Å². The maximum Gasteiger partial charge on any atom is 0.141 e. The van der Waals surface area contributed by atoms with Crippen LogP contribution in [0.25, 0.3) is 10.2 Å². The van der Waals surface area contributed by atoms with Crippen molar-refractivity contribution >= 4 is 56.9 Å². The van der Waals surface area contributed by atoms with Crippen molar-refractivity contribution in [2.45, 2.75) is 17.6 Å². The average Bonchev–Trinajstić information content (AvgIpc) is 2.67. The summed E-state index contributed by atoms with van der Waals surface area (Å²) in [5.41, 5.74) is 1.14. The minimum Gasteiger partial charge on any atom is -0.259 e. The maximum atomic E-state index is 6.10. The summed E-state index contributed by atoms with van der Waals surface area (Å²) in [4.78, 5) is 9.20. The van der Waals surface area contributed by atoms with Crippen molar-refractivity contribution in [1.29, 1.82) is 0 Å². The second kappa shape index (κ2) is 7.06. The predicted octanol–water partition coefficient (Wildman–Crippen LogP) is 3.73. The van der Waals surface area contributed by atoms with E-state index in [2.05, 4.69) is 14.7 Å². The largest absolute Gasteiger partial charge is 0.259 e. The van der Waals surface area contributed by atoms with Crippen LogP contribution in [0.3, 0.4) is 0 Å². The van der Waals surface area contributed by atoms with Gasteiger partial charge in [0.2, 0.25) is 0 Å². The van der Waals surface area contributed by atoms with E-state index in [0.717, 1.165) is 35.3 Å². The third kappa shape index (κ3) is 3.93. The van der Waals surface area contributed by atoms with E-state index in [1.807, 2.05) is 14.0 Å². The Balaban J connectivity index is 1.98. The van der Waals surface area contributed by atoms with Gasteiger partial charge < -0.3 is 0 Å². The fraction of sp³-hybridized carbons (Fsp3) is 0.455. The quantitative estimate of drug-likeness (QED) is 0.376. The van der Waals surface area contributed by atoms with E-state index < -0.39 is 0 Å². The highest BCUT2D eigenvalue weighted by Gasteiger charge is 2.13. The lowest BCUT2D eigenvalue weighted by Gasteiger charge is -2.06. The first-order chi connectivity index (χ1) is 9.09. The molecule has 2 aromatic rings. The van der Waals surface area contributed by atoms with Gasteiger partial charge in [-0.15, -0.1) is 11.3 Å². The standard InChI is InChI=1S/C11H14Cl2N4S2/c1-7-8-9(12)14-6-15-10(8)18-11(7)19-16-4-3-5-17(2)13/h6,16H,3-5H2,1-2H3. The molecular weight excluding hydrogens is 323 g/mol. The predicted molar refractivity (Wildman–Crippen MR) is 84.1 cm³/mol. The van der Waals surface area contributed by atoms with Gasteiger partial charge in [0.05, 0.1) is 9.60 Å². The number of nitrogens with zero attached hydrogens (tertiary/aromatic N) is 3. The Labute approximate surface area is 130 Å². The van der Waals surface area contributed by atoms with E-state index in [9.17, 15) is 0 Å². The number of hydrogen-bond acceptors (Lipinski definition) is 6. The second-order valence-corrected chi connectivity index (χ2v) is 7.13. The van der Waals surface area contributed by atoms with Crippen molar-refractivity contribution in [3.8, 4) is 0 Å². The molecule has 0 aliphatic carbocycles. The van der Waals surface area contributed by atoms with E-state index in [1.54, 1.807) is 27.7 Å². The zero-order chi connectivity index (χ0) is 13.8. The van der Waals surface area contributed by atoms with E-state index in [4.69, 9.17) is 23.4 Å². The molecule has 0 aliphatic rings. The third-order valence-corrected chi connectivity index (χ3v) is 5.34. The van der Waals surface area contributed by atoms with Crippen LogP contribution in [0.4, 0.5) is 0 Å². The summed E-state index contributed by atoms with van der Waals surface area (Å²) in [5.74, 6) is 0. The van der Waals surface area contributed by atoms with Crippen molar-refractivity contribution in [3.63, 3.8) is 0 Å². The third-order valence-electron chi connectivity index (χ3n) is 2.55. The SMILES string of the molecule is Cc1c(SNCCCN(C)Cl)sc2ncnc(Cl)c12. The van der Waals surface area contributed by atoms with E-state index >= 15 is 0 Å². The first-order valence-electron chi connectivity index (χ1n) is 5.76. The van der Waals surface area contributed by atoms with Crippen LogP contribution in [0, 0.1) is 6.92 Å². The highest BCUT2D eigenvalue weighted by Crippen LogP contribution is 2.37. The average molecular weight is 337 g/mol. The summed E-state index contributed by atoms with van der Waals surface area (Å²) in [7, 11) is 1.85. The molecule has 0 unspecified atom stereocenters. The number of rotatable bonds is 6. The Morgan fingerprint density at radius 2 is 2.26 bits per heavy atom. The van der Waals surface area contributed by atoms with Crippen LogP contribution < -0.4 is 4.72 Å². The van der Waals surface area contributed by atoms with Crippen molar-refractivity contribution in [3.05, 3.63) is 17.0 Å². The molecule has 2 heterocycles. The lowest BCUT2D eigenvalue weighted by atomic mass is 10.3. The summed E-state index contributed by atoms with van der Waals surface area (Å²) < 4.78 is 6.17. The molecule has 0 radical (unpaired) electrons. The fourth-order valence-corrected chi connectivity index (χ4v) is 4.14. The first-order valence-corrected chi connectivity index (χ1v) is 8.10. The number of hydrogen-bond donors (Lipinski definition) is 1. The van der Waals surface area contributed by atoms with Crippen molar-refractivity contribution in [2.75, 3.05) is 20.1 Å². The number of fused-ring (bicyclic) bond motifs is 1. The minimum atomic E-state index is 0.523. The number of nitrogens with one attached hydrogen (secondary N) is 1. The normalized spacial score (nSPS) is 11.6. The maximum absolute atomic E-state index is 6.10. The molecular formula is C11H14Cl2N4S2. The lowest BCUT2D eigenvalue weighted by molar-refractivity contribution is 0.527. The molecule has 104 valence electrons. The zero-order valence-corrected chi connectivity index (χ0v) is 13.8. The number of halogens is 2. The van der Waals surface area contributed by atoms with Crippen LogP contribution in [0.1, 0.15) is 12.0 Å². The van der Waals surface area contributed by atoms with Gasteiger partial charge in [0.25, 0.3) is 0 Å². The van der Waals surface area contributed by atoms with Crippen molar-refractivity contribution < 1.29 is 0 Å². The Morgan fingerprint density at radius 1 is 1.47 bits per heavy atom. The molecule has 0 saturated carbocycles. The van der Waals surface area contributed by atoms with Gasteiger partial charge >= 0.3 is 0 Å². The summed E-state index contributed by atoms with van der Waals surface area (Å²) in [6.45, 7) is 3.80. The molecule has 19 heavy (non-hydrogen) atoms. The summed E-state index contributed by atoms with van der Waals surface area (Å²) in [6.07, 6.45) is 2.50. The highest BCUT2D eigenvalue weighted by atomic mass is 35.5. The molecule has 0 spiro atoms. The minimum absolute atomic E-state index is 0.523. The van der Waals surface area contributed by atoms with E-state index in [-0.39, 0.29) is 0 Å². The van der Waals surface area contributed by atoms with Crippen LogP contribution in [0.2, 0.25) is 5.15 Å². The molecule has 0 bridgehead atoms.